The first-order valence-corrected chi connectivity index (χ1v) is 9.03. The quantitative estimate of drug-likeness (QED) is 0.667. The van der Waals surface area contributed by atoms with E-state index in [0.717, 1.165) is 28.0 Å². The lowest BCUT2D eigenvalue weighted by Gasteiger charge is -2.11. The molecule has 0 unspecified atom stereocenters. The first kappa shape index (κ1) is 17.3. The van der Waals surface area contributed by atoms with Crippen molar-refractivity contribution < 1.29 is 14.3 Å². The molecule has 1 amide bonds. The van der Waals surface area contributed by atoms with Crippen LogP contribution in [0, 0.1) is 0 Å². The highest BCUT2D eigenvalue weighted by Gasteiger charge is 2.19. The number of amides is 1. The molecule has 0 aliphatic rings. The Balaban J connectivity index is 1.96. The van der Waals surface area contributed by atoms with E-state index in [9.17, 15) is 4.79 Å². The summed E-state index contributed by atoms with van der Waals surface area (Å²) in [4.78, 5) is 13.7. The molecule has 0 atom stereocenters. The fourth-order valence-corrected chi connectivity index (χ4v) is 4.01. The van der Waals surface area contributed by atoms with Gasteiger partial charge in [0, 0.05) is 10.8 Å². The third-order valence-corrected chi connectivity index (χ3v) is 5.27. The van der Waals surface area contributed by atoms with Gasteiger partial charge in [0.1, 0.15) is 11.5 Å². The minimum absolute atomic E-state index is 0.104. The molecular weight excluding hydrogens is 334 g/mol. The van der Waals surface area contributed by atoms with Crippen molar-refractivity contribution in [2.24, 2.45) is 0 Å². The molecule has 0 fully saturated rings. The van der Waals surface area contributed by atoms with Crippen molar-refractivity contribution in [3.63, 3.8) is 0 Å². The number of hydrogen-bond donors (Lipinski definition) is 1. The van der Waals surface area contributed by atoms with E-state index in [1.165, 1.54) is 16.7 Å². The first-order valence-electron chi connectivity index (χ1n) is 8.21. The summed E-state index contributed by atoms with van der Waals surface area (Å²) in [6, 6.07) is 13.5. The Morgan fingerprint density at radius 3 is 2.64 bits per heavy atom. The number of anilines is 1. The number of carbonyl (C=O) groups excluding carboxylic acids is 1. The number of methoxy groups -OCH3 is 2. The van der Waals surface area contributed by atoms with Crippen LogP contribution in [0.5, 0.6) is 11.5 Å². The van der Waals surface area contributed by atoms with Crippen LogP contribution in [0.15, 0.2) is 42.5 Å². The Kier molecular flexibility index (Phi) is 5.24. The van der Waals surface area contributed by atoms with Crippen LogP contribution in [0.25, 0.3) is 10.1 Å². The van der Waals surface area contributed by atoms with Crippen LogP contribution in [0.3, 0.4) is 0 Å². The molecule has 130 valence electrons. The molecule has 1 N–H and O–H groups in total. The highest BCUT2D eigenvalue weighted by molar-refractivity contribution is 7.21. The van der Waals surface area contributed by atoms with Crippen molar-refractivity contribution in [3.8, 4) is 11.5 Å². The summed E-state index contributed by atoms with van der Waals surface area (Å²) in [5, 5.41) is 4.15. The van der Waals surface area contributed by atoms with Gasteiger partial charge in [0.25, 0.3) is 5.91 Å². The van der Waals surface area contributed by atoms with Crippen LogP contribution in [0.4, 0.5) is 5.69 Å². The number of aryl methyl sites for hydroxylation is 1. The molecule has 0 radical (unpaired) electrons. The number of benzene rings is 2. The van der Waals surface area contributed by atoms with Crippen LogP contribution < -0.4 is 14.8 Å². The summed E-state index contributed by atoms with van der Waals surface area (Å²) in [6.45, 7) is 2.13. The van der Waals surface area contributed by atoms with Crippen molar-refractivity contribution in [1.82, 2.24) is 0 Å². The van der Waals surface area contributed by atoms with Crippen molar-refractivity contribution in [3.05, 3.63) is 52.9 Å². The smallest absolute Gasteiger partial charge is 0.266 e. The van der Waals surface area contributed by atoms with Crippen LogP contribution in [0.2, 0.25) is 0 Å². The van der Waals surface area contributed by atoms with E-state index in [1.807, 2.05) is 12.1 Å². The minimum atomic E-state index is -0.104. The molecule has 4 nitrogen and oxygen atoms in total. The van der Waals surface area contributed by atoms with E-state index in [0.29, 0.717) is 17.2 Å². The number of thiophene rings is 1. The Morgan fingerprint density at radius 1 is 1.12 bits per heavy atom. The Labute approximate surface area is 151 Å². The summed E-state index contributed by atoms with van der Waals surface area (Å²) < 4.78 is 11.7. The van der Waals surface area contributed by atoms with Gasteiger partial charge in [0.15, 0.2) is 0 Å². The van der Waals surface area contributed by atoms with Crippen molar-refractivity contribution in [1.29, 1.82) is 0 Å². The third-order valence-electron chi connectivity index (χ3n) is 4.06. The zero-order valence-corrected chi connectivity index (χ0v) is 15.4. The van der Waals surface area contributed by atoms with Gasteiger partial charge >= 0.3 is 0 Å². The van der Waals surface area contributed by atoms with Crippen LogP contribution in [-0.2, 0) is 6.42 Å². The van der Waals surface area contributed by atoms with Gasteiger partial charge in [-0.1, -0.05) is 31.5 Å². The summed E-state index contributed by atoms with van der Waals surface area (Å²) in [7, 11) is 3.17. The second-order valence-corrected chi connectivity index (χ2v) is 6.73. The summed E-state index contributed by atoms with van der Waals surface area (Å²) in [6.07, 6.45) is 1.87. The van der Waals surface area contributed by atoms with Crippen LogP contribution in [-0.4, -0.2) is 20.1 Å². The van der Waals surface area contributed by atoms with Gasteiger partial charge in [-0.25, -0.2) is 0 Å². The predicted molar refractivity (Wildman–Crippen MR) is 103 cm³/mol. The molecule has 1 aromatic heterocycles. The second kappa shape index (κ2) is 7.57. The maximum atomic E-state index is 12.9. The highest BCUT2D eigenvalue weighted by Crippen LogP contribution is 2.34. The number of carbonyl (C=O) groups is 1. The van der Waals surface area contributed by atoms with E-state index in [1.54, 1.807) is 32.4 Å². The minimum Gasteiger partial charge on any atom is -0.497 e. The molecule has 0 spiro atoms. The summed E-state index contributed by atoms with van der Waals surface area (Å²) in [5.41, 5.74) is 1.75. The van der Waals surface area contributed by atoms with E-state index < -0.39 is 0 Å². The van der Waals surface area contributed by atoms with Gasteiger partial charge in [0.2, 0.25) is 0 Å². The molecule has 0 bridgehead atoms. The lowest BCUT2D eigenvalue weighted by atomic mass is 10.1. The molecule has 1 heterocycles. The summed E-state index contributed by atoms with van der Waals surface area (Å²) in [5.74, 6) is 1.15. The zero-order chi connectivity index (χ0) is 17.8. The monoisotopic (exact) mass is 355 g/mol. The van der Waals surface area contributed by atoms with Crippen molar-refractivity contribution in [2.45, 2.75) is 19.8 Å². The molecule has 25 heavy (non-hydrogen) atoms. The second-order valence-electron chi connectivity index (χ2n) is 5.68. The molecule has 0 saturated carbocycles. The molecule has 2 aromatic carbocycles. The summed E-state index contributed by atoms with van der Waals surface area (Å²) >= 11 is 1.53. The van der Waals surface area contributed by atoms with Gasteiger partial charge in [-0.05, 0) is 35.6 Å². The highest BCUT2D eigenvalue weighted by atomic mass is 32.1. The van der Waals surface area contributed by atoms with E-state index in [2.05, 4.69) is 24.4 Å². The Hall–Kier alpha value is -2.53. The first-order chi connectivity index (χ1) is 12.2. The normalized spacial score (nSPS) is 10.7. The van der Waals surface area contributed by atoms with Crippen molar-refractivity contribution in [2.75, 3.05) is 19.5 Å². The topological polar surface area (TPSA) is 47.6 Å². The number of hydrogen-bond acceptors (Lipinski definition) is 4. The number of rotatable bonds is 6. The molecule has 3 rings (SSSR count). The van der Waals surface area contributed by atoms with Gasteiger partial charge < -0.3 is 14.8 Å². The number of fused-ring (bicyclic) bond motifs is 1. The van der Waals surface area contributed by atoms with E-state index >= 15 is 0 Å². The molecule has 0 aliphatic carbocycles. The standard InChI is InChI=1S/C20H21NO3S/c1-4-7-15-14-8-5-6-9-18(14)25-19(15)20(22)21-16-11-10-13(23-2)12-17(16)24-3/h5-6,8-12H,4,7H2,1-3H3,(H,21,22). The Bertz CT molecular complexity index is 901. The van der Waals surface area contributed by atoms with Gasteiger partial charge in [-0.3, -0.25) is 4.79 Å². The fourth-order valence-electron chi connectivity index (χ4n) is 2.86. The van der Waals surface area contributed by atoms with E-state index in [4.69, 9.17) is 9.47 Å². The molecular formula is C20H21NO3S. The van der Waals surface area contributed by atoms with Gasteiger partial charge in [-0.15, -0.1) is 11.3 Å². The Morgan fingerprint density at radius 2 is 1.92 bits per heavy atom. The molecule has 0 saturated heterocycles. The average molecular weight is 355 g/mol. The van der Waals surface area contributed by atoms with Crippen LogP contribution >= 0.6 is 11.3 Å². The van der Waals surface area contributed by atoms with Crippen LogP contribution in [0.1, 0.15) is 28.6 Å². The van der Waals surface area contributed by atoms with E-state index in [-0.39, 0.29) is 5.91 Å². The maximum Gasteiger partial charge on any atom is 0.266 e. The average Bonchev–Trinajstić information content (AvgIpc) is 3.01. The number of ether oxygens (including phenoxy) is 2. The lowest BCUT2D eigenvalue weighted by molar-refractivity contribution is 0.102. The molecule has 5 heteroatoms. The van der Waals surface area contributed by atoms with Gasteiger partial charge in [0.05, 0.1) is 24.8 Å². The zero-order valence-electron chi connectivity index (χ0n) is 14.6. The number of nitrogens with one attached hydrogen (secondary N) is 1. The maximum absolute atomic E-state index is 12.9. The van der Waals surface area contributed by atoms with Gasteiger partial charge in [-0.2, -0.15) is 0 Å². The lowest BCUT2D eigenvalue weighted by Crippen LogP contribution is -2.13. The largest absolute Gasteiger partial charge is 0.497 e. The molecule has 3 aromatic rings. The fraction of sp³-hybridized carbons (Fsp3) is 0.250. The third kappa shape index (κ3) is 3.46. The van der Waals surface area contributed by atoms with Crippen molar-refractivity contribution >= 4 is 33.0 Å². The molecule has 0 aliphatic heterocycles. The predicted octanol–water partition coefficient (Wildman–Crippen LogP) is 5.12. The SMILES string of the molecule is CCCc1c(C(=O)Nc2ccc(OC)cc2OC)sc2ccccc12.